The molecule has 1 saturated heterocycles. The maximum Gasteiger partial charge on any atom is 0.254 e. The zero-order chi connectivity index (χ0) is 18.8. The summed E-state index contributed by atoms with van der Waals surface area (Å²) in [5.41, 5.74) is 1.03. The third kappa shape index (κ3) is 3.68. The number of carbonyl (C=O) groups is 2. The van der Waals surface area contributed by atoms with Gasteiger partial charge >= 0.3 is 0 Å². The SMILES string of the molecule is COc1ccc(C(=O)N2CCOCC2)cc1NC(=O)C1CC1c1ccco1. The van der Waals surface area contributed by atoms with Crippen LogP contribution in [0.4, 0.5) is 5.69 Å². The van der Waals surface area contributed by atoms with Gasteiger partial charge in [-0.05, 0) is 36.8 Å². The van der Waals surface area contributed by atoms with Gasteiger partial charge in [0.05, 0.1) is 32.3 Å². The quantitative estimate of drug-likeness (QED) is 0.875. The lowest BCUT2D eigenvalue weighted by Gasteiger charge is -2.27. The normalized spacial score (nSPS) is 21.6. The molecule has 0 bridgehead atoms. The van der Waals surface area contributed by atoms with Gasteiger partial charge in [0.15, 0.2) is 0 Å². The third-order valence-electron chi connectivity index (χ3n) is 5.04. The molecule has 0 radical (unpaired) electrons. The molecule has 1 aromatic heterocycles. The lowest BCUT2D eigenvalue weighted by molar-refractivity contribution is -0.117. The fourth-order valence-electron chi connectivity index (χ4n) is 3.41. The van der Waals surface area contributed by atoms with E-state index in [0.717, 1.165) is 12.2 Å². The monoisotopic (exact) mass is 370 g/mol. The number of rotatable bonds is 5. The summed E-state index contributed by atoms with van der Waals surface area (Å²) >= 11 is 0. The minimum absolute atomic E-state index is 0.0728. The molecule has 1 saturated carbocycles. The molecule has 1 aliphatic heterocycles. The Hall–Kier alpha value is -2.80. The van der Waals surface area contributed by atoms with Crippen LogP contribution in [0.25, 0.3) is 0 Å². The van der Waals surface area contributed by atoms with Crippen LogP contribution in [0.5, 0.6) is 5.75 Å². The van der Waals surface area contributed by atoms with Crippen LogP contribution in [0, 0.1) is 5.92 Å². The lowest BCUT2D eigenvalue weighted by atomic mass is 10.1. The van der Waals surface area contributed by atoms with Crippen molar-refractivity contribution in [2.75, 3.05) is 38.7 Å². The van der Waals surface area contributed by atoms with Crippen LogP contribution < -0.4 is 10.1 Å². The highest BCUT2D eigenvalue weighted by molar-refractivity contribution is 6.00. The van der Waals surface area contributed by atoms with Gasteiger partial charge in [0.2, 0.25) is 5.91 Å². The average Bonchev–Trinajstić information content (AvgIpc) is 3.33. The van der Waals surface area contributed by atoms with E-state index in [0.29, 0.717) is 43.3 Å². The van der Waals surface area contributed by atoms with Crippen LogP contribution in [0.2, 0.25) is 0 Å². The van der Waals surface area contributed by atoms with E-state index in [2.05, 4.69) is 5.32 Å². The number of morpholine rings is 1. The summed E-state index contributed by atoms with van der Waals surface area (Å²) in [6.45, 7) is 2.22. The fourth-order valence-corrected chi connectivity index (χ4v) is 3.41. The molecule has 0 spiro atoms. The van der Waals surface area contributed by atoms with E-state index in [-0.39, 0.29) is 23.7 Å². The number of benzene rings is 1. The third-order valence-corrected chi connectivity index (χ3v) is 5.04. The Labute approximate surface area is 157 Å². The van der Waals surface area contributed by atoms with Gasteiger partial charge in [-0.3, -0.25) is 9.59 Å². The first-order valence-corrected chi connectivity index (χ1v) is 9.06. The zero-order valence-electron chi connectivity index (χ0n) is 15.1. The van der Waals surface area contributed by atoms with E-state index in [4.69, 9.17) is 13.9 Å². The number of ether oxygens (including phenoxy) is 2. The highest BCUT2D eigenvalue weighted by Gasteiger charge is 2.46. The molecule has 4 rings (SSSR count). The molecule has 2 amide bonds. The first-order valence-electron chi connectivity index (χ1n) is 9.06. The molecule has 27 heavy (non-hydrogen) atoms. The molecule has 2 aliphatic rings. The summed E-state index contributed by atoms with van der Waals surface area (Å²) in [5, 5.41) is 2.91. The highest BCUT2D eigenvalue weighted by atomic mass is 16.5. The number of hydrogen-bond acceptors (Lipinski definition) is 5. The highest BCUT2D eigenvalue weighted by Crippen LogP contribution is 2.48. The number of methoxy groups -OCH3 is 1. The van der Waals surface area contributed by atoms with Gasteiger partial charge in [-0.15, -0.1) is 0 Å². The standard InChI is InChI=1S/C20H22N2O5/c1-25-18-5-4-13(20(24)22-6-9-26-10-7-22)11-16(18)21-19(23)15-12-14(15)17-3-2-8-27-17/h2-5,8,11,14-15H,6-7,9-10,12H2,1H3,(H,21,23). The van der Waals surface area contributed by atoms with Crippen LogP contribution >= 0.6 is 0 Å². The molecule has 1 N–H and O–H groups in total. The molecule has 2 atom stereocenters. The Morgan fingerprint density at radius 3 is 2.74 bits per heavy atom. The van der Waals surface area contributed by atoms with E-state index in [1.807, 2.05) is 12.1 Å². The van der Waals surface area contributed by atoms with Crippen molar-refractivity contribution >= 4 is 17.5 Å². The first-order chi connectivity index (χ1) is 13.2. The molecule has 2 heterocycles. The molecule has 7 nitrogen and oxygen atoms in total. The number of anilines is 1. The topological polar surface area (TPSA) is 81.0 Å². The molecule has 1 aromatic carbocycles. The maximum absolute atomic E-state index is 12.7. The van der Waals surface area contributed by atoms with Crippen LogP contribution in [0.1, 0.15) is 28.5 Å². The summed E-state index contributed by atoms with van der Waals surface area (Å²) in [7, 11) is 1.54. The number of carbonyl (C=O) groups excluding carboxylic acids is 2. The van der Waals surface area contributed by atoms with E-state index in [1.54, 1.807) is 29.4 Å². The van der Waals surface area contributed by atoms with Gasteiger partial charge in [-0.1, -0.05) is 0 Å². The molecular formula is C20H22N2O5. The number of hydrogen-bond donors (Lipinski definition) is 1. The number of nitrogens with one attached hydrogen (secondary N) is 1. The van der Waals surface area contributed by atoms with Crippen molar-refractivity contribution in [3.63, 3.8) is 0 Å². The lowest BCUT2D eigenvalue weighted by Crippen LogP contribution is -2.40. The Balaban J connectivity index is 1.48. The predicted molar refractivity (Wildman–Crippen MR) is 97.9 cm³/mol. The Bertz CT molecular complexity index is 827. The van der Waals surface area contributed by atoms with E-state index in [1.165, 1.54) is 7.11 Å². The predicted octanol–water partition coefficient (Wildman–Crippen LogP) is 2.50. The van der Waals surface area contributed by atoms with Crippen LogP contribution in [0.15, 0.2) is 41.0 Å². The van der Waals surface area contributed by atoms with E-state index in [9.17, 15) is 9.59 Å². The Morgan fingerprint density at radius 2 is 2.04 bits per heavy atom. The van der Waals surface area contributed by atoms with Crippen molar-refractivity contribution in [2.45, 2.75) is 12.3 Å². The minimum atomic E-state index is -0.126. The summed E-state index contributed by atoms with van der Waals surface area (Å²) in [5.74, 6) is 1.18. The average molecular weight is 370 g/mol. The van der Waals surface area contributed by atoms with Gasteiger partial charge < -0.3 is 24.1 Å². The second kappa shape index (κ2) is 7.44. The molecular weight excluding hydrogens is 348 g/mol. The molecule has 2 aromatic rings. The van der Waals surface area contributed by atoms with Gasteiger partial charge in [0.1, 0.15) is 11.5 Å². The van der Waals surface area contributed by atoms with Crippen LogP contribution in [-0.4, -0.2) is 50.1 Å². The van der Waals surface area contributed by atoms with Crippen molar-refractivity contribution in [3.05, 3.63) is 47.9 Å². The second-order valence-corrected chi connectivity index (χ2v) is 6.77. The van der Waals surface area contributed by atoms with Gasteiger partial charge in [-0.2, -0.15) is 0 Å². The zero-order valence-corrected chi connectivity index (χ0v) is 15.1. The number of amides is 2. The van der Waals surface area contributed by atoms with E-state index >= 15 is 0 Å². The van der Waals surface area contributed by atoms with E-state index < -0.39 is 0 Å². The van der Waals surface area contributed by atoms with Crippen molar-refractivity contribution in [3.8, 4) is 5.75 Å². The molecule has 2 unspecified atom stereocenters. The largest absolute Gasteiger partial charge is 0.495 e. The Morgan fingerprint density at radius 1 is 1.22 bits per heavy atom. The minimum Gasteiger partial charge on any atom is -0.495 e. The molecule has 142 valence electrons. The van der Waals surface area contributed by atoms with Crippen LogP contribution in [0.3, 0.4) is 0 Å². The summed E-state index contributed by atoms with van der Waals surface area (Å²) in [6.07, 6.45) is 2.38. The van der Waals surface area contributed by atoms with Crippen molar-refractivity contribution in [1.82, 2.24) is 4.90 Å². The van der Waals surface area contributed by atoms with Crippen molar-refractivity contribution in [1.29, 1.82) is 0 Å². The summed E-state index contributed by atoms with van der Waals surface area (Å²) in [6, 6.07) is 8.82. The fraction of sp³-hybridized carbons (Fsp3) is 0.400. The molecule has 1 aliphatic carbocycles. The molecule has 7 heteroatoms. The second-order valence-electron chi connectivity index (χ2n) is 6.77. The smallest absolute Gasteiger partial charge is 0.254 e. The Kier molecular flexibility index (Phi) is 4.85. The van der Waals surface area contributed by atoms with Gasteiger partial charge in [-0.25, -0.2) is 0 Å². The van der Waals surface area contributed by atoms with Gasteiger partial charge in [0.25, 0.3) is 5.91 Å². The van der Waals surface area contributed by atoms with Crippen LogP contribution in [-0.2, 0) is 9.53 Å². The molecule has 2 fully saturated rings. The summed E-state index contributed by atoms with van der Waals surface area (Å²) in [4.78, 5) is 27.1. The summed E-state index contributed by atoms with van der Waals surface area (Å²) < 4.78 is 16.0. The first kappa shape index (κ1) is 17.6. The van der Waals surface area contributed by atoms with Crippen molar-refractivity contribution in [2.24, 2.45) is 5.92 Å². The maximum atomic E-state index is 12.7. The van der Waals surface area contributed by atoms with Gasteiger partial charge in [0, 0.05) is 30.5 Å². The number of furan rings is 1. The van der Waals surface area contributed by atoms with Crippen molar-refractivity contribution < 1.29 is 23.5 Å². The number of nitrogens with zero attached hydrogens (tertiary/aromatic N) is 1.